The summed E-state index contributed by atoms with van der Waals surface area (Å²) in [6, 6.07) is 15.8. The number of hydrogen-bond acceptors (Lipinski definition) is 0. The van der Waals surface area contributed by atoms with E-state index in [0.29, 0.717) is 5.41 Å². The topological polar surface area (TPSA) is 0 Å². The molecule has 0 nitrogen and oxygen atoms in total. The van der Waals surface area contributed by atoms with E-state index in [2.05, 4.69) is 68.5 Å². The summed E-state index contributed by atoms with van der Waals surface area (Å²) >= 11 is 0. The van der Waals surface area contributed by atoms with Gasteiger partial charge in [0, 0.05) is 31.8 Å². The third-order valence-electron chi connectivity index (χ3n) is 6.34. The minimum Gasteiger partial charge on any atom is -0.0721 e. The van der Waals surface area contributed by atoms with Crippen molar-refractivity contribution in [2.24, 2.45) is 5.41 Å². The number of allylic oxidation sites excluding steroid dienone is 1. The summed E-state index contributed by atoms with van der Waals surface area (Å²) in [6.07, 6.45) is 12.1. The van der Waals surface area contributed by atoms with Gasteiger partial charge in [-0.15, -0.1) is 0 Å². The zero-order valence-electron chi connectivity index (χ0n) is 15.4. The monoisotopic (exact) mass is 495 g/mol. The number of aryl methyl sites for hydroxylation is 1. The minimum absolute atomic E-state index is 0. The van der Waals surface area contributed by atoms with Crippen molar-refractivity contribution in [1.82, 2.24) is 0 Å². The molecule has 0 saturated heterocycles. The predicted molar refractivity (Wildman–Crippen MR) is 103 cm³/mol. The Balaban J connectivity index is 0.00000182. The smallest absolute Gasteiger partial charge is 0.0276 e. The molecule has 0 atom stereocenters. The van der Waals surface area contributed by atoms with Crippen molar-refractivity contribution in [3.05, 3.63) is 82.3 Å². The average molecular weight is 494 g/mol. The molecule has 0 N–H and O–H groups in total. The van der Waals surface area contributed by atoms with Crippen molar-refractivity contribution in [2.75, 3.05) is 0 Å². The van der Waals surface area contributed by atoms with Gasteiger partial charge in [-0.25, -0.2) is 0 Å². The second-order valence-corrected chi connectivity index (χ2v) is 7.61. The van der Waals surface area contributed by atoms with E-state index >= 15 is 0 Å². The van der Waals surface area contributed by atoms with Crippen LogP contribution in [-0.4, -0.2) is 0 Å². The molecule has 2 aromatic carbocycles. The molecule has 127 valence electrons. The Bertz CT molecular complexity index is 753. The summed E-state index contributed by atoms with van der Waals surface area (Å²) in [4.78, 5) is 0. The molecule has 2 aromatic rings. The maximum atomic E-state index is 2.51. The molecule has 2 aliphatic carbocycles. The van der Waals surface area contributed by atoms with Crippen LogP contribution in [0.3, 0.4) is 0 Å². The van der Waals surface area contributed by atoms with Crippen molar-refractivity contribution in [3.8, 4) is 0 Å². The van der Waals surface area contributed by atoms with E-state index in [1.165, 1.54) is 48.3 Å². The molecule has 1 radical (unpaired) electrons. The molecule has 0 aromatic heterocycles. The fourth-order valence-corrected chi connectivity index (χ4v) is 4.50. The second kappa shape index (κ2) is 7.74. The van der Waals surface area contributed by atoms with E-state index in [4.69, 9.17) is 0 Å². The molecule has 0 amide bonds. The maximum Gasteiger partial charge on any atom is 0.0276 e. The Morgan fingerprint density at radius 1 is 0.840 bits per heavy atom. The predicted octanol–water partition coefficient (Wildman–Crippen LogP) is 6.17. The molecular weight excluding hydrogens is 467 g/mol. The summed E-state index contributed by atoms with van der Waals surface area (Å²) in [5.41, 5.74) is 8.10. The zero-order valence-corrected chi connectivity index (χ0v) is 19.0. The quantitative estimate of drug-likeness (QED) is 0.437. The zero-order chi connectivity index (χ0) is 16.6. The Morgan fingerprint density at radius 3 is 2.20 bits per heavy atom. The number of benzene rings is 2. The molecule has 2 aliphatic rings. The molecular formula is C24H27Hf. The first-order chi connectivity index (χ1) is 11.7. The third-order valence-corrected chi connectivity index (χ3v) is 6.34. The van der Waals surface area contributed by atoms with Gasteiger partial charge in [-0.1, -0.05) is 68.5 Å². The summed E-state index contributed by atoms with van der Waals surface area (Å²) in [7, 11) is 0. The van der Waals surface area contributed by atoms with Gasteiger partial charge in [0.25, 0.3) is 0 Å². The summed E-state index contributed by atoms with van der Waals surface area (Å²) < 4.78 is 0. The van der Waals surface area contributed by atoms with Crippen molar-refractivity contribution in [3.63, 3.8) is 0 Å². The molecule has 0 aliphatic heterocycles. The van der Waals surface area contributed by atoms with Crippen molar-refractivity contribution >= 4 is 6.08 Å². The Kier molecular flexibility index (Phi) is 5.83. The van der Waals surface area contributed by atoms with Crippen LogP contribution < -0.4 is 0 Å². The van der Waals surface area contributed by atoms with Crippen LogP contribution in [0.4, 0.5) is 0 Å². The molecule has 25 heavy (non-hydrogen) atoms. The van der Waals surface area contributed by atoms with Crippen LogP contribution in [0.5, 0.6) is 0 Å². The molecule has 0 heterocycles. The van der Waals surface area contributed by atoms with Gasteiger partial charge in [0.1, 0.15) is 0 Å². The van der Waals surface area contributed by atoms with E-state index in [9.17, 15) is 0 Å². The summed E-state index contributed by atoms with van der Waals surface area (Å²) in [5, 5.41) is 0. The van der Waals surface area contributed by atoms with Crippen molar-refractivity contribution < 1.29 is 25.8 Å². The van der Waals surface area contributed by atoms with Crippen LogP contribution >= 0.6 is 0 Å². The van der Waals surface area contributed by atoms with Crippen LogP contribution in [0.25, 0.3) is 6.08 Å². The first-order valence-corrected chi connectivity index (χ1v) is 9.47. The van der Waals surface area contributed by atoms with E-state index in [1.807, 2.05) is 0 Å². The van der Waals surface area contributed by atoms with Crippen molar-refractivity contribution in [1.29, 1.82) is 0 Å². The van der Waals surface area contributed by atoms with Crippen LogP contribution in [0.15, 0.2) is 48.5 Å². The largest absolute Gasteiger partial charge is 0.0721 e. The molecule has 0 fully saturated rings. The first-order valence-electron chi connectivity index (χ1n) is 9.47. The van der Waals surface area contributed by atoms with Gasteiger partial charge < -0.3 is 0 Å². The van der Waals surface area contributed by atoms with Crippen LogP contribution in [0.1, 0.15) is 60.9 Å². The standard InChI is InChI=1S/C24H27.Hf/c1-3-24(4-2)16-21-14-20-13-12-19(23(20)15-22(21)17-24)11-10-18-8-6-5-7-9-18;/h5-9,12-15H,3-4,10-11,16-17H2,1-2H3;. The van der Waals surface area contributed by atoms with Gasteiger partial charge in [-0.2, -0.15) is 0 Å². The van der Waals surface area contributed by atoms with E-state index in [-0.39, 0.29) is 25.8 Å². The van der Waals surface area contributed by atoms with Crippen LogP contribution in [0.2, 0.25) is 0 Å². The van der Waals surface area contributed by atoms with E-state index in [0.717, 1.165) is 12.8 Å². The molecule has 0 saturated carbocycles. The van der Waals surface area contributed by atoms with E-state index < -0.39 is 0 Å². The molecule has 4 rings (SSSR count). The maximum absolute atomic E-state index is 2.51. The Labute approximate surface area is 171 Å². The SMILES string of the molecule is CCC1(CC)Cc2cc3c(cc2C1)[C](CCc1ccccc1)C=C3.[Hf]. The molecule has 0 unspecified atom stereocenters. The Hall–Kier alpha value is -0.950. The number of fused-ring (bicyclic) bond motifs is 2. The van der Waals surface area contributed by atoms with Gasteiger partial charge >= 0.3 is 0 Å². The minimum atomic E-state index is 0. The van der Waals surface area contributed by atoms with Crippen LogP contribution in [-0.2, 0) is 45.1 Å². The number of rotatable bonds is 5. The van der Waals surface area contributed by atoms with E-state index in [1.54, 1.807) is 11.1 Å². The van der Waals surface area contributed by atoms with Gasteiger partial charge in [0.05, 0.1) is 0 Å². The summed E-state index contributed by atoms with van der Waals surface area (Å²) in [5.74, 6) is 1.52. The normalized spacial score (nSPS) is 17.2. The molecule has 1 heteroatoms. The average Bonchev–Trinajstić information content (AvgIpc) is 3.19. The Morgan fingerprint density at radius 2 is 1.52 bits per heavy atom. The van der Waals surface area contributed by atoms with Crippen LogP contribution in [0, 0.1) is 11.3 Å². The fourth-order valence-electron chi connectivity index (χ4n) is 4.50. The fraction of sp³-hybridized carbons (Fsp3) is 0.375. The molecule has 0 bridgehead atoms. The molecule has 0 spiro atoms. The third kappa shape index (κ3) is 3.63. The number of hydrogen-bond donors (Lipinski definition) is 0. The van der Waals surface area contributed by atoms with Crippen molar-refractivity contribution in [2.45, 2.75) is 52.4 Å². The van der Waals surface area contributed by atoms with Gasteiger partial charge in [-0.3, -0.25) is 0 Å². The van der Waals surface area contributed by atoms with Gasteiger partial charge in [0.2, 0.25) is 0 Å². The summed E-state index contributed by atoms with van der Waals surface area (Å²) in [6.45, 7) is 4.72. The first kappa shape index (κ1) is 18.8. The second-order valence-electron chi connectivity index (χ2n) is 7.61. The van der Waals surface area contributed by atoms with Gasteiger partial charge in [-0.05, 0) is 71.8 Å². The van der Waals surface area contributed by atoms with Gasteiger partial charge in [0.15, 0.2) is 0 Å².